The molecule has 0 aromatic heterocycles. The predicted octanol–water partition coefficient (Wildman–Crippen LogP) is 3.40. The number of rotatable bonds is 3. The molecule has 1 atom stereocenters. The number of nitrogens with one attached hydrogen (secondary N) is 1. The molecule has 0 saturated heterocycles. The molecule has 1 N–H and O–H groups in total. The fourth-order valence-corrected chi connectivity index (χ4v) is 2.97. The summed E-state index contributed by atoms with van der Waals surface area (Å²) in [5.41, 5.74) is 1.75. The van der Waals surface area contributed by atoms with Gasteiger partial charge in [0.05, 0.1) is 11.3 Å². The van der Waals surface area contributed by atoms with Gasteiger partial charge in [-0.05, 0) is 43.5 Å². The summed E-state index contributed by atoms with van der Waals surface area (Å²) in [5, 5.41) is 2.76. The molecule has 0 bridgehead atoms. The first-order valence-electron chi connectivity index (χ1n) is 7.54. The second-order valence-corrected chi connectivity index (χ2v) is 6.38. The summed E-state index contributed by atoms with van der Waals surface area (Å²) in [4.78, 5) is 27.3. The van der Waals surface area contributed by atoms with Crippen molar-refractivity contribution in [2.75, 3.05) is 23.5 Å². The van der Waals surface area contributed by atoms with Gasteiger partial charge in [-0.1, -0.05) is 12.1 Å². The van der Waals surface area contributed by atoms with E-state index in [1.165, 1.54) is 0 Å². The average molecular weight is 342 g/mol. The number of carbonyl (C=O) groups excluding carboxylic acids is 2. The summed E-state index contributed by atoms with van der Waals surface area (Å²) in [6.07, 6.45) is 1.36. The quantitative estimate of drug-likeness (QED) is 0.869. The highest BCUT2D eigenvalue weighted by Crippen LogP contribution is 2.34. The van der Waals surface area contributed by atoms with Crippen LogP contribution in [-0.4, -0.2) is 31.2 Å². The van der Waals surface area contributed by atoms with Crippen LogP contribution in [0.3, 0.4) is 0 Å². The highest BCUT2D eigenvalue weighted by atomic mass is 32.2. The predicted molar refractivity (Wildman–Crippen MR) is 96.1 cm³/mol. The molecule has 2 aromatic rings. The zero-order valence-electron chi connectivity index (χ0n) is 13.7. The van der Waals surface area contributed by atoms with Crippen LogP contribution in [0.2, 0.25) is 0 Å². The number of anilines is 2. The number of benzene rings is 2. The summed E-state index contributed by atoms with van der Waals surface area (Å²) in [6, 6.07) is 12.9. The van der Waals surface area contributed by atoms with Gasteiger partial charge < -0.3 is 15.0 Å². The molecule has 1 heterocycles. The van der Waals surface area contributed by atoms with Crippen molar-refractivity contribution in [3.05, 3.63) is 48.0 Å². The Bertz CT molecular complexity index is 807. The molecule has 1 aliphatic rings. The summed E-state index contributed by atoms with van der Waals surface area (Å²) < 4.78 is 5.66. The molecule has 0 aliphatic carbocycles. The van der Waals surface area contributed by atoms with Gasteiger partial charge in [0.25, 0.3) is 11.8 Å². The number of ether oxygens (including phenoxy) is 1. The van der Waals surface area contributed by atoms with Crippen LogP contribution in [0.15, 0.2) is 47.4 Å². The van der Waals surface area contributed by atoms with E-state index in [1.807, 2.05) is 30.5 Å². The minimum absolute atomic E-state index is 0.187. The highest BCUT2D eigenvalue weighted by molar-refractivity contribution is 7.98. The molecule has 1 unspecified atom stereocenters. The van der Waals surface area contributed by atoms with Crippen LogP contribution >= 0.6 is 11.8 Å². The second-order valence-electron chi connectivity index (χ2n) is 5.50. The van der Waals surface area contributed by atoms with E-state index in [0.717, 1.165) is 10.6 Å². The normalized spacial score (nSPS) is 16.0. The van der Waals surface area contributed by atoms with Crippen LogP contribution in [0.25, 0.3) is 0 Å². The number of thioether (sulfide) groups is 1. The number of hydrogen-bond donors (Lipinski definition) is 1. The van der Waals surface area contributed by atoms with Crippen molar-refractivity contribution in [1.29, 1.82) is 0 Å². The number of para-hydroxylation sites is 1. The third-order valence-corrected chi connectivity index (χ3v) is 4.64. The first-order valence-corrected chi connectivity index (χ1v) is 8.76. The molecular formula is C18H18N2O3S. The monoisotopic (exact) mass is 342 g/mol. The van der Waals surface area contributed by atoms with Crippen molar-refractivity contribution in [3.8, 4) is 5.75 Å². The minimum Gasteiger partial charge on any atom is -0.478 e. The SMILES string of the molecule is CSc1cccc(N(C)C(=O)c2cccc3c2OC(C)C(=O)N3)c1. The number of nitrogens with zero attached hydrogens (tertiary/aromatic N) is 1. The molecular weight excluding hydrogens is 324 g/mol. The Balaban J connectivity index is 1.96. The van der Waals surface area contributed by atoms with Gasteiger partial charge in [-0.3, -0.25) is 9.59 Å². The lowest BCUT2D eigenvalue weighted by atomic mass is 10.1. The van der Waals surface area contributed by atoms with Gasteiger partial charge in [-0.2, -0.15) is 0 Å². The summed E-state index contributed by atoms with van der Waals surface area (Å²) >= 11 is 1.62. The standard InChI is InChI=1S/C18H18N2O3S/c1-11-17(21)19-15-9-5-8-14(16(15)23-11)18(22)20(2)12-6-4-7-13(10-12)24-3/h4-11H,1-3H3,(H,19,21). The number of carbonyl (C=O) groups is 2. The fraction of sp³-hybridized carbons (Fsp3) is 0.222. The van der Waals surface area contributed by atoms with Crippen LogP contribution < -0.4 is 15.0 Å². The average Bonchev–Trinajstić information content (AvgIpc) is 2.61. The maximum absolute atomic E-state index is 12.9. The zero-order valence-corrected chi connectivity index (χ0v) is 14.5. The Hall–Kier alpha value is -2.47. The third kappa shape index (κ3) is 2.97. The maximum Gasteiger partial charge on any atom is 0.265 e. The molecule has 0 saturated carbocycles. The van der Waals surface area contributed by atoms with Crippen molar-refractivity contribution < 1.29 is 14.3 Å². The van der Waals surface area contributed by atoms with E-state index < -0.39 is 6.10 Å². The molecule has 2 amide bonds. The fourth-order valence-electron chi connectivity index (χ4n) is 2.51. The van der Waals surface area contributed by atoms with Crippen LogP contribution in [0.4, 0.5) is 11.4 Å². The Kier molecular flexibility index (Phi) is 4.49. The lowest BCUT2D eigenvalue weighted by molar-refractivity contribution is -0.122. The molecule has 0 fully saturated rings. The largest absolute Gasteiger partial charge is 0.478 e. The van der Waals surface area contributed by atoms with Gasteiger partial charge in [-0.25, -0.2) is 0 Å². The minimum atomic E-state index is -0.628. The van der Waals surface area contributed by atoms with Crippen molar-refractivity contribution in [3.63, 3.8) is 0 Å². The van der Waals surface area contributed by atoms with Crippen molar-refractivity contribution in [2.45, 2.75) is 17.9 Å². The smallest absolute Gasteiger partial charge is 0.265 e. The topological polar surface area (TPSA) is 58.6 Å². The zero-order chi connectivity index (χ0) is 17.3. The molecule has 5 nitrogen and oxygen atoms in total. The summed E-state index contributed by atoms with van der Waals surface area (Å²) in [5.74, 6) is 0.0176. The van der Waals surface area contributed by atoms with Crippen molar-refractivity contribution in [1.82, 2.24) is 0 Å². The summed E-state index contributed by atoms with van der Waals surface area (Å²) in [6.45, 7) is 1.66. The van der Waals surface area contributed by atoms with Gasteiger partial charge in [0.2, 0.25) is 0 Å². The van der Waals surface area contributed by atoms with Gasteiger partial charge >= 0.3 is 0 Å². The first kappa shape index (κ1) is 16.4. The maximum atomic E-state index is 12.9. The molecule has 124 valence electrons. The van der Waals surface area contributed by atoms with E-state index >= 15 is 0 Å². The Labute approximate surface area is 145 Å². The van der Waals surface area contributed by atoms with Gasteiger partial charge in [0.15, 0.2) is 11.9 Å². The van der Waals surface area contributed by atoms with E-state index in [0.29, 0.717) is 17.0 Å². The molecule has 6 heteroatoms. The van der Waals surface area contributed by atoms with E-state index in [4.69, 9.17) is 4.74 Å². The number of amides is 2. The first-order chi connectivity index (χ1) is 11.5. The Morgan fingerprint density at radius 3 is 2.75 bits per heavy atom. The third-order valence-electron chi connectivity index (χ3n) is 3.91. The number of fused-ring (bicyclic) bond motifs is 1. The van der Waals surface area contributed by atoms with E-state index in [1.54, 1.807) is 48.8 Å². The van der Waals surface area contributed by atoms with Gasteiger partial charge in [-0.15, -0.1) is 11.8 Å². The van der Waals surface area contributed by atoms with Crippen LogP contribution in [0.5, 0.6) is 5.75 Å². The van der Waals surface area contributed by atoms with E-state index in [9.17, 15) is 9.59 Å². The van der Waals surface area contributed by atoms with Gasteiger partial charge in [0, 0.05) is 17.6 Å². The van der Waals surface area contributed by atoms with Gasteiger partial charge in [0.1, 0.15) is 0 Å². The van der Waals surface area contributed by atoms with E-state index in [2.05, 4.69) is 5.32 Å². The number of hydrogen-bond acceptors (Lipinski definition) is 4. The van der Waals surface area contributed by atoms with Crippen molar-refractivity contribution >= 4 is 35.0 Å². The van der Waals surface area contributed by atoms with Crippen LogP contribution in [0.1, 0.15) is 17.3 Å². The summed E-state index contributed by atoms with van der Waals surface area (Å²) in [7, 11) is 1.73. The second kappa shape index (κ2) is 6.57. The Morgan fingerprint density at radius 2 is 2.00 bits per heavy atom. The highest BCUT2D eigenvalue weighted by Gasteiger charge is 2.28. The molecule has 3 rings (SSSR count). The molecule has 1 aliphatic heterocycles. The lowest BCUT2D eigenvalue weighted by Crippen LogP contribution is -2.36. The Morgan fingerprint density at radius 1 is 1.25 bits per heavy atom. The van der Waals surface area contributed by atoms with Crippen LogP contribution in [0, 0.1) is 0 Å². The molecule has 0 spiro atoms. The van der Waals surface area contributed by atoms with E-state index in [-0.39, 0.29) is 11.8 Å². The lowest BCUT2D eigenvalue weighted by Gasteiger charge is -2.26. The molecule has 0 radical (unpaired) electrons. The van der Waals surface area contributed by atoms with Crippen LogP contribution in [-0.2, 0) is 4.79 Å². The molecule has 2 aromatic carbocycles. The molecule has 24 heavy (non-hydrogen) atoms. The van der Waals surface area contributed by atoms with Crippen molar-refractivity contribution in [2.24, 2.45) is 0 Å².